The molecule has 0 aromatic heterocycles. The van der Waals surface area contributed by atoms with Crippen LogP contribution >= 0.6 is 0 Å². The number of nitrogens with zero attached hydrogens (tertiary/aromatic N) is 2. The van der Waals surface area contributed by atoms with Crippen molar-refractivity contribution in [3.63, 3.8) is 0 Å². The molecule has 0 aliphatic carbocycles. The van der Waals surface area contributed by atoms with E-state index in [2.05, 4.69) is 30.6 Å². The Balaban J connectivity index is 0.00000106. The molecule has 0 aromatic carbocycles. The maximum Gasteiger partial charge on any atom is 0.0603 e. The Morgan fingerprint density at radius 3 is 1.67 bits per heavy atom. The molecule has 0 atom stereocenters. The van der Waals surface area contributed by atoms with Gasteiger partial charge in [-0.25, -0.2) is 0 Å². The normalized spacial score (nSPS) is 23.1. The first-order valence-electron chi connectivity index (χ1n) is 9.27. The van der Waals surface area contributed by atoms with Gasteiger partial charge in [-0.15, -0.1) is 0 Å². The minimum Gasteiger partial charge on any atom is -0.375 e. The van der Waals surface area contributed by atoms with Crippen molar-refractivity contribution in [3.05, 3.63) is 0 Å². The highest BCUT2D eigenvalue weighted by Gasteiger charge is 2.25. The number of likely N-dealkylation sites (tertiary alicyclic amines) is 2. The highest BCUT2D eigenvalue weighted by molar-refractivity contribution is 4.77. The quantitative estimate of drug-likeness (QED) is 0.771. The maximum absolute atomic E-state index is 6.33. The second kappa shape index (κ2) is 10.6. The second-order valence-corrected chi connectivity index (χ2v) is 6.66. The topological polar surface area (TPSA) is 15.7 Å². The van der Waals surface area contributed by atoms with Gasteiger partial charge in [-0.3, -0.25) is 0 Å². The number of hydrogen-bond donors (Lipinski definition) is 0. The van der Waals surface area contributed by atoms with Gasteiger partial charge < -0.3 is 14.5 Å². The van der Waals surface area contributed by atoms with Crippen molar-refractivity contribution in [2.75, 3.05) is 39.3 Å². The van der Waals surface area contributed by atoms with Gasteiger partial charge in [0.1, 0.15) is 0 Å². The summed E-state index contributed by atoms with van der Waals surface area (Å²) in [6.07, 6.45) is 6.01. The van der Waals surface area contributed by atoms with E-state index in [0.29, 0.717) is 12.2 Å². The highest BCUT2D eigenvalue weighted by atomic mass is 16.5. The zero-order valence-electron chi connectivity index (χ0n) is 15.1. The van der Waals surface area contributed by atoms with Gasteiger partial charge in [-0.05, 0) is 38.1 Å². The fourth-order valence-corrected chi connectivity index (χ4v) is 3.38. The smallest absolute Gasteiger partial charge is 0.0603 e. The lowest BCUT2D eigenvalue weighted by Crippen LogP contribution is -2.42. The number of ether oxygens (including phenoxy) is 1. The van der Waals surface area contributed by atoms with Crippen molar-refractivity contribution < 1.29 is 4.74 Å². The molecule has 2 saturated heterocycles. The zero-order valence-corrected chi connectivity index (χ0v) is 15.1. The molecular formula is C18H38N2O. The molecule has 21 heavy (non-hydrogen) atoms. The highest BCUT2D eigenvalue weighted by Crippen LogP contribution is 2.21. The molecule has 2 heterocycles. The Morgan fingerprint density at radius 2 is 1.29 bits per heavy atom. The lowest BCUT2D eigenvalue weighted by Gasteiger charge is -2.37. The standard InChI is InChI=1S/C16H32N2O.C2H6/c1-4-17-9-5-15(6-10-17)19-16-7-11-18(12-8-16)13-14(2)3;1-2/h14-16H,4-13H2,1-3H3;1-2H3. The van der Waals surface area contributed by atoms with Crippen LogP contribution in [-0.2, 0) is 4.74 Å². The van der Waals surface area contributed by atoms with Crippen molar-refractivity contribution >= 4 is 0 Å². The van der Waals surface area contributed by atoms with Crippen LogP contribution in [-0.4, -0.2) is 61.3 Å². The summed E-state index contributed by atoms with van der Waals surface area (Å²) in [6.45, 7) is 18.2. The lowest BCUT2D eigenvalue weighted by atomic mass is 10.0. The number of piperidine rings is 2. The SMILES string of the molecule is CC.CCN1CCC(OC2CCN(CC(C)C)CC2)CC1. The molecule has 0 spiro atoms. The molecule has 3 nitrogen and oxygen atoms in total. The fourth-order valence-electron chi connectivity index (χ4n) is 3.38. The van der Waals surface area contributed by atoms with E-state index in [1.165, 1.54) is 65.0 Å². The number of hydrogen-bond acceptors (Lipinski definition) is 3. The van der Waals surface area contributed by atoms with Crippen molar-refractivity contribution in [2.24, 2.45) is 5.92 Å². The maximum atomic E-state index is 6.33. The van der Waals surface area contributed by atoms with Crippen LogP contribution in [0.2, 0.25) is 0 Å². The van der Waals surface area contributed by atoms with E-state index < -0.39 is 0 Å². The molecule has 0 N–H and O–H groups in total. The van der Waals surface area contributed by atoms with Crippen LogP contribution in [0.5, 0.6) is 0 Å². The molecule has 0 unspecified atom stereocenters. The van der Waals surface area contributed by atoms with Gasteiger partial charge in [0.05, 0.1) is 12.2 Å². The van der Waals surface area contributed by atoms with E-state index in [4.69, 9.17) is 4.74 Å². The number of rotatable bonds is 5. The molecule has 3 heteroatoms. The fraction of sp³-hybridized carbons (Fsp3) is 1.00. The van der Waals surface area contributed by atoms with E-state index in [0.717, 1.165) is 5.92 Å². The Bertz CT molecular complexity index is 242. The van der Waals surface area contributed by atoms with Gasteiger partial charge in [0.2, 0.25) is 0 Å². The molecule has 0 saturated carbocycles. The average Bonchev–Trinajstić information content (AvgIpc) is 2.51. The van der Waals surface area contributed by atoms with Crippen LogP contribution in [0.4, 0.5) is 0 Å². The van der Waals surface area contributed by atoms with Gasteiger partial charge >= 0.3 is 0 Å². The monoisotopic (exact) mass is 298 g/mol. The Labute approximate surface area is 133 Å². The third-order valence-electron chi connectivity index (χ3n) is 4.52. The summed E-state index contributed by atoms with van der Waals surface area (Å²) in [5.41, 5.74) is 0. The third kappa shape index (κ3) is 7.12. The first-order valence-corrected chi connectivity index (χ1v) is 9.27. The molecule has 2 rings (SSSR count). The van der Waals surface area contributed by atoms with E-state index in [9.17, 15) is 0 Å². The van der Waals surface area contributed by atoms with Crippen LogP contribution in [0.3, 0.4) is 0 Å². The van der Waals surface area contributed by atoms with Gasteiger partial charge in [0, 0.05) is 32.7 Å². The van der Waals surface area contributed by atoms with Crippen LogP contribution < -0.4 is 0 Å². The molecule has 2 aliphatic heterocycles. The average molecular weight is 299 g/mol. The van der Waals surface area contributed by atoms with E-state index in [1.807, 2.05) is 13.8 Å². The van der Waals surface area contributed by atoms with E-state index in [1.54, 1.807) is 0 Å². The Hall–Kier alpha value is -0.120. The molecule has 0 amide bonds. The van der Waals surface area contributed by atoms with Crippen LogP contribution in [0.15, 0.2) is 0 Å². The van der Waals surface area contributed by atoms with Gasteiger partial charge in [0.15, 0.2) is 0 Å². The summed E-state index contributed by atoms with van der Waals surface area (Å²) < 4.78 is 6.33. The van der Waals surface area contributed by atoms with Crippen LogP contribution in [0.25, 0.3) is 0 Å². The summed E-state index contributed by atoms with van der Waals surface area (Å²) in [5.74, 6) is 0.788. The van der Waals surface area contributed by atoms with Gasteiger partial charge in [-0.1, -0.05) is 34.6 Å². The summed E-state index contributed by atoms with van der Waals surface area (Å²) in [7, 11) is 0. The van der Waals surface area contributed by atoms with Crippen molar-refractivity contribution in [3.8, 4) is 0 Å². The van der Waals surface area contributed by atoms with E-state index in [-0.39, 0.29) is 0 Å². The summed E-state index contributed by atoms with van der Waals surface area (Å²) in [5, 5.41) is 0. The molecule has 0 bridgehead atoms. The minimum atomic E-state index is 0.529. The van der Waals surface area contributed by atoms with Gasteiger partial charge in [0.25, 0.3) is 0 Å². The third-order valence-corrected chi connectivity index (χ3v) is 4.52. The molecule has 2 aliphatic rings. The zero-order chi connectivity index (χ0) is 15.7. The van der Waals surface area contributed by atoms with Crippen molar-refractivity contribution in [2.45, 2.75) is 72.5 Å². The first-order chi connectivity index (χ1) is 10.2. The molecule has 2 fully saturated rings. The molecule has 126 valence electrons. The first kappa shape index (κ1) is 18.9. The second-order valence-electron chi connectivity index (χ2n) is 6.66. The lowest BCUT2D eigenvalue weighted by molar-refractivity contribution is -0.0652. The van der Waals surface area contributed by atoms with E-state index >= 15 is 0 Å². The van der Waals surface area contributed by atoms with Crippen LogP contribution in [0.1, 0.15) is 60.3 Å². The van der Waals surface area contributed by atoms with Crippen molar-refractivity contribution in [1.82, 2.24) is 9.80 Å². The summed E-state index contributed by atoms with van der Waals surface area (Å²) in [4.78, 5) is 5.13. The molecular weight excluding hydrogens is 260 g/mol. The predicted octanol–water partition coefficient (Wildman–Crippen LogP) is 3.63. The largest absolute Gasteiger partial charge is 0.375 e. The van der Waals surface area contributed by atoms with Gasteiger partial charge in [-0.2, -0.15) is 0 Å². The minimum absolute atomic E-state index is 0.529. The molecule has 0 radical (unpaired) electrons. The van der Waals surface area contributed by atoms with Crippen molar-refractivity contribution in [1.29, 1.82) is 0 Å². The Morgan fingerprint density at radius 1 is 0.857 bits per heavy atom. The predicted molar refractivity (Wildman–Crippen MR) is 91.9 cm³/mol. The molecule has 0 aromatic rings. The summed E-state index contributed by atoms with van der Waals surface area (Å²) >= 11 is 0. The summed E-state index contributed by atoms with van der Waals surface area (Å²) in [6, 6.07) is 0. The Kier molecular flexibility index (Phi) is 9.54. The van der Waals surface area contributed by atoms with Crippen LogP contribution in [0, 0.1) is 5.92 Å².